The summed E-state index contributed by atoms with van der Waals surface area (Å²) < 4.78 is 1.20. The van der Waals surface area contributed by atoms with Gasteiger partial charge in [0.15, 0.2) is 0 Å². The number of hydrogen-bond donors (Lipinski definition) is 1. The van der Waals surface area contributed by atoms with Crippen molar-refractivity contribution in [3.8, 4) is 11.3 Å². The van der Waals surface area contributed by atoms with Crippen LogP contribution in [0.15, 0.2) is 71.5 Å². The van der Waals surface area contributed by atoms with Gasteiger partial charge in [-0.1, -0.05) is 48.5 Å². The molecule has 0 saturated carbocycles. The molecular weight excluding hydrogens is 364 g/mol. The summed E-state index contributed by atoms with van der Waals surface area (Å²) in [6.45, 7) is 6.10. The molecule has 0 fully saturated rings. The van der Waals surface area contributed by atoms with Crippen LogP contribution in [-0.2, 0) is 11.3 Å². The normalized spacial score (nSPS) is 10.6. The second-order valence-corrected chi connectivity index (χ2v) is 6.80. The molecule has 3 aromatic rings. The molecule has 0 unspecified atom stereocenters. The highest BCUT2D eigenvalue weighted by molar-refractivity contribution is 5.75. The van der Waals surface area contributed by atoms with Crippen molar-refractivity contribution < 1.29 is 4.79 Å². The van der Waals surface area contributed by atoms with Crippen molar-refractivity contribution in [3.05, 3.63) is 82.6 Å². The first-order chi connectivity index (χ1) is 14.1. The number of likely N-dealkylation sites (N-methyl/N-ethyl adjacent to an activating group) is 1. The van der Waals surface area contributed by atoms with Crippen LogP contribution in [0.1, 0.15) is 12.5 Å². The van der Waals surface area contributed by atoms with Crippen molar-refractivity contribution in [1.82, 2.24) is 15.1 Å². The van der Waals surface area contributed by atoms with Gasteiger partial charge in [0.1, 0.15) is 6.54 Å². The highest BCUT2D eigenvalue weighted by Gasteiger charge is 2.10. The summed E-state index contributed by atoms with van der Waals surface area (Å²) >= 11 is 0. The zero-order valence-electron chi connectivity index (χ0n) is 16.8. The Balaban J connectivity index is 1.60. The molecule has 0 aliphatic heterocycles. The number of hydrogen-bond acceptors (Lipinski definition) is 4. The van der Waals surface area contributed by atoms with Crippen LogP contribution in [0, 0.1) is 6.92 Å². The third-order valence-electron chi connectivity index (χ3n) is 4.77. The fourth-order valence-corrected chi connectivity index (χ4v) is 3.21. The molecule has 0 bridgehead atoms. The van der Waals surface area contributed by atoms with Gasteiger partial charge >= 0.3 is 0 Å². The highest BCUT2D eigenvalue weighted by atomic mass is 16.2. The van der Waals surface area contributed by atoms with Gasteiger partial charge in [-0.15, -0.1) is 0 Å². The Morgan fingerprint density at radius 2 is 1.76 bits per heavy atom. The monoisotopic (exact) mass is 390 g/mol. The maximum atomic E-state index is 12.4. The van der Waals surface area contributed by atoms with Gasteiger partial charge in [0.05, 0.1) is 5.69 Å². The van der Waals surface area contributed by atoms with Gasteiger partial charge < -0.3 is 10.2 Å². The summed E-state index contributed by atoms with van der Waals surface area (Å²) in [5.41, 5.74) is 3.63. The Hall–Kier alpha value is -3.41. The zero-order valence-corrected chi connectivity index (χ0v) is 16.8. The van der Waals surface area contributed by atoms with Gasteiger partial charge in [0.2, 0.25) is 5.91 Å². The topological polar surface area (TPSA) is 67.2 Å². The van der Waals surface area contributed by atoms with Crippen molar-refractivity contribution in [1.29, 1.82) is 0 Å². The summed E-state index contributed by atoms with van der Waals surface area (Å²) in [5.74, 6) is -0.231. The van der Waals surface area contributed by atoms with E-state index in [-0.39, 0.29) is 18.0 Å². The number of para-hydroxylation sites is 1. The van der Waals surface area contributed by atoms with Crippen LogP contribution in [0.25, 0.3) is 11.3 Å². The highest BCUT2D eigenvalue weighted by Crippen LogP contribution is 2.18. The number of rotatable bonds is 8. The van der Waals surface area contributed by atoms with Crippen LogP contribution in [0.5, 0.6) is 0 Å². The molecular formula is C23H26N4O2. The SMILES string of the molecule is CCN(CCNC(=O)Cn1nc(-c2ccccc2)ccc1=O)c1ccccc1C. The van der Waals surface area contributed by atoms with Crippen molar-refractivity contribution >= 4 is 11.6 Å². The maximum absolute atomic E-state index is 12.4. The van der Waals surface area contributed by atoms with E-state index in [0.717, 1.165) is 17.8 Å². The Bertz CT molecular complexity index is 1010. The Morgan fingerprint density at radius 3 is 2.48 bits per heavy atom. The maximum Gasteiger partial charge on any atom is 0.267 e. The number of nitrogens with one attached hydrogen (secondary N) is 1. The largest absolute Gasteiger partial charge is 0.370 e. The fourth-order valence-electron chi connectivity index (χ4n) is 3.21. The second-order valence-electron chi connectivity index (χ2n) is 6.80. The van der Waals surface area contributed by atoms with E-state index >= 15 is 0 Å². The lowest BCUT2D eigenvalue weighted by molar-refractivity contribution is -0.121. The molecule has 150 valence electrons. The van der Waals surface area contributed by atoms with Gasteiger partial charge in [0.25, 0.3) is 5.56 Å². The zero-order chi connectivity index (χ0) is 20.6. The number of carbonyl (C=O) groups is 1. The van der Waals surface area contributed by atoms with Crippen LogP contribution >= 0.6 is 0 Å². The van der Waals surface area contributed by atoms with Gasteiger partial charge in [-0.3, -0.25) is 9.59 Å². The minimum absolute atomic E-state index is 0.101. The summed E-state index contributed by atoms with van der Waals surface area (Å²) in [7, 11) is 0. The molecule has 2 aromatic carbocycles. The molecule has 1 aromatic heterocycles. The number of benzene rings is 2. The van der Waals surface area contributed by atoms with E-state index in [9.17, 15) is 9.59 Å². The third kappa shape index (κ3) is 5.31. The molecule has 0 aliphatic carbocycles. The predicted octanol–water partition coefficient (Wildman–Crippen LogP) is 2.86. The van der Waals surface area contributed by atoms with E-state index in [0.29, 0.717) is 18.8 Å². The lowest BCUT2D eigenvalue weighted by atomic mass is 10.1. The van der Waals surface area contributed by atoms with Crippen LogP contribution in [0.4, 0.5) is 5.69 Å². The molecule has 3 rings (SSSR count). The quantitative estimate of drug-likeness (QED) is 0.642. The van der Waals surface area contributed by atoms with E-state index in [1.165, 1.54) is 16.3 Å². The first-order valence-corrected chi connectivity index (χ1v) is 9.79. The minimum atomic E-state index is -0.296. The van der Waals surface area contributed by atoms with Crippen LogP contribution < -0.4 is 15.8 Å². The van der Waals surface area contributed by atoms with Gasteiger partial charge in [-0.05, 0) is 31.5 Å². The lowest BCUT2D eigenvalue weighted by Gasteiger charge is -2.25. The van der Waals surface area contributed by atoms with Gasteiger partial charge in [-0.2, -0.15) is 5.10 Å². The Kier molecular flexibility index (Phi) is 6.79. The molecule has 29 heavy (non-hydrogen) atoms. The molecule has 1 heterocycles. The average molecular weight is 390 g/mol. The number of aryl methyl sites for hydroxylation is 1. The first kappa shape index (κ1) is 20.3. The number of carbonyl (C=O) groups excluding carboxylic acids is 1. The summed E-state index contributed by atoms with van der Waals surface area (Å²) in [5, 5.41) is 7.23. The summed E-state index contributed by atoms with van der Waals surface area (Å²) in [6, 6.07) is 20.9. The Labute approximate surface area is 170 Å². The average Bonchev–Trinajstić information content (AvgIpc) is 2.74. The van der Waals surface area contributed by atoms with Crippen LogP contribution in [0.2, 0.25) is 0 Å². The van der Waals surface area contributed by atoms with E-state index in [1.807, 2.05) is 42.5 Å². The van der Waals surface area contributed by atoms with Gasteiger partial charge in [-0.25, -0.2) is 4.68 Å². The van der Waals surface area contributed by atoms with E-state index in [2.05, 4.69) is 41.3 Å². The third-order valence-corrected chi connectivity index (χ3v) is 4.77. The van der Waals surface area contributed by atoms with E-state index in [4.69, 9.17) is 0 Å². The second kappa shape index (κ2) is 9.68. The van der Waals surface area contributed by atoms with Crippen LogP contribution in [0.3, 0.4) is 0 Å². The van der Waals surface area contributed by atoms with Crippen molar-refractivity contribution in [2.24, 2.45) is 0 Å². The molecule has 0 atom stereocenters. The Morgan fingerprint density at radius 1 is 1.03 bits per heavy atom. The first-order valence-electron chi connectivity index (χ1n) is 9.79. The molecule has 1 N–H and O–H groups in total. The number of anilines is 1. The number of amides is 1. The van der Waals surface area contributed by atoms with Crippen molar-refractivity contribution in [2.75, 3.05) is 24.5 Å². The molecule has 0 aliphatic rings. The van der Waals surface area contributed by atoms with Crippen molar-refractivity contribution in [3.63, 3.8) is 0 Å². The number of aromatic nitrogens is 2. The molecule has 1 amide bonds. The molecule has 6 heteroatoms. The molecule has 0 spiro atoms. The van der Waals surface area contributed by atoms with E-state index in [1.54, 1.807) is 6.07 Å². The number of nitrogens with zero attached hydrogens (tertiary/aromatic N) is 3. The van der Waals surface area contributed by atoms with Gasteiger partial charge in [0, 0.05) is 37.0 Å². The van der Waals surface area contributed by atoms with E-state index < -0.39 is 0 Å². The predicted molar refractivity (Wildman–Crippen MR) is 116 cm³/mol. The standard InChI is InChI=1S/C23H26N4O2/c1-3-26(21-12-8-7-9-18(21)2)16-15-24-22(28)17-27-23(29)14-13-20(25-27)19-10-5-4-6-11-19/h4-14H,3,15-17H2,1-2H3,(H,24,28). The lowest BCUT2D eigenvalue weighted by Crippen LogP contribution is -2.38. The summed E-state index contributed by atoms with van der Waals surface area (Å²) in [6.07, 6.45) is 0. The molecule has 0 saturated heterocycles. The molecule has 0 radical (unpaired) electrons. The fraction of sp³-hybridized carbons (Fsp3) is 0.261. The smallest absolute Gasteiger partial charge is 0.267 e. The van der Waals surface area contributed by atoms with Crippen molar-refractivity contribution in [2.45, 2.75) is 20.4 Å². The minimum Gasteiger partial charge on any atom is -0.370 e. The summed E-state index contributed by atoms with van der Waals surface area (Å²) in [4.78, 5) is 26.7. The molecule has 6 nitrogen and oxygen atoms in total. The van der Waals surface area contributed by atoms with Crippen LogP contribution in [-0.4, -0.2) is 35.3 Å².